The number of hydrogen-bond acceptors (Lipinski definition) is 7. The molecule has 166 valence electrons. The molecule has 0 atom stereocenters. The molecule has 1 heterocycles. The second-order valence-electron chi connectivity index (χ2n) is 7.27. The molecule has 0 aliphatic carbocycles. The summed E-state index contributed by atoms with van der Waals surface area (Å²) in [5.74, 6) is -1.53. The van der Waals surface area contributed by atoms with E-state index in [-0.39, 0.29) is 47.8 Å². The third-order valence-electron chi connectivity index (χ3n) is 4.26. The van der Waals surface area contributed by atoms with Crippen LogP contribution < -0.4 is 20.1 Å². The van der Waals surface area contributed by atoms with Crippen molar-refractivity contribution in [1.29, 1.82) is 0 Å². The predicted octanol–water partition coefficient (Wildman–Crippen LogP) is 1.55. The van der Waals surface area contributed by atoms with E-state index in [1.807, 2.05) is 0 Å². The smallest absolute Gasteiger partial charge is 0.274 e. The van der Waals surface area contributed by atoms with Gasteiger partial charge in [0.25, 0.3) is 11.8 Å². The van der Waals surface area contributed by atoms with Crippen LogP contribution in [0.3, 0.4) is 0 Å². The fourth-order valence-corrected chi connectivity index (χ4v) is 2.84. The van der Waals surface area contributed by atoms with Crippen molar-refractivity contribution >= 4 is 17.6 Å². The number of Topliss-reactive ketones (excluding diaryl/α,β-unsaturated/α-hetero) is 1. The van der Waals surface area contributed by atoms with Crippen LogP contribution in [0.15, 0.2) is 24.3 Å². The number of ketones is 1. The molecule has 0 radical (unpaired) electrons. The Morgan fingerprint density at radius 1 is 1.06 bits per heavy atom. The monoisotopic (exact) mass is 432 g/mol. The number of hydrogen-bond donors (Lipinski definition) is 2. The van der Waals surface area contributed by atoms with Crippen LogP contribution in [-0.4, -0.2) is 48.3 Å². The minimum Gasteiger partial charge on any atom is -0.490 e. The number of nitrogens with zero attached hydrogens (tertiary/aromatic N) is 2. The van der Waals surface area contributed by atoms with Gasteiger partial charge in [-0.25, -0.2) is 9.37 Å². The van der Waals surface area contributed by atoms with Gasteiger partial charge in [-0.05, 0) is 31.5 Å². The van der Waals surface area contributed by atoms with Crippen molar-refractivity contribution in [3.63, 3.8) is 0 Å². The van der Waals surface area contributed by atoms with Gasteiger partial charge in [-0.2, -0.15) is 4.98 Å². The first-order valence-electron chi connectivity index (χ1n) is 9.41. The molecule has 2 rings (SSSR count). The van der Waals surface area contributed by atoms with Crippen molar-refractivity contribution in [1.82, 2.24) is 20.6 Å². The van der Waals surface area contributed by atoms with E-state index in [9.17, 15) is 18.8 Å². The summed E-state index contributed by atoms with van der Waals surface area (Å²) in [5, 5.41) is 5.20. The minimum absolute atomic E-state index is 0.00615. The van der Waals surface area contributed by atoms with Crippen LogP contribution in [0.2, 0.25) is 0 Å². The van der Waals surface area contributed by atoms with E-state index in [1.165, 1.54) is 45.4 Å². The summed E-state index contributed by atoms with van der Waals surface area (Å²) >= 11 is 0. The normalized spacial score (nSPS) is 10.9. The van der Waals surface area contributed by atoms with Crippen molar-refractivity contribution in [3.05, 3.63) is 47.2 Å². The zero-order valence-electron chi connectivity index (χ0n) is 18.0. The van der Waals surface area contributed by atoms with E-state index in [0.29, 0.717) is 5.56 Å². The van der Waals surface area contributed by atoms with Crippen LogP contribution in [0, 0.1) is 5.82 Å². The van der Waals surface area contributed by atoms with Gasteiger partial charge in [-0.15, -0.1) is 0 Å². The van der Waals surface area contributed by atoms with Gasteiger partial charge in [0.05, 0.1) is 26.3 Å². The van der Waals surface area contributed by atoms with Crippen molar-refractivity contribution in [2.75, 3.05) is 20.8 Å². The molecule has 10 heteroatoms. The molecular weight excluding hydrogens is 407 g/mol. The molecule has 0 aliphatic heterocycles. The summed E-state index contributed by atoms with van der Waals surface area (Å²) in [7, 11) is 2.68. The van der Waals surface area contributed by atoms with Crippen LogP contribution in [0.1, 0.15) is 42.6 Å². The summed E-state index contributed by atoms with van der Waals surface area (Å²) in [6, 6.07) is 5.53. The average molecular weight is 432 g/mol. The number of halogens is 1. The SMILES string of the molecule is COc1nc(C(C)(C)NC(C)=O)nc(C(=O)NCC(=O)Cc2ccc(F)cc2)c1OC. The third kappa shape index (κ3) is 6.21. The zero-order chi connectivity index (χ0) is 23.2. The highest BCUT2D eigenvalue weighted by molar-refractivity contribution is 5.98. The fraction of sp³-hybridized carbons (Fsp3) is 0.381. The van der Waals surface area contributed by atoms with Crippen LogP contribution in [0.5, 0.6) is 11.6 Å². The average Bonchev–Trinajstić information content (AvgIpc) is 2.71. The topological polar surface area (TPSA) is 120 Å². The van der Waals surface area contributed by atoms with Crippen LogP contribution in [-0.2, 0) is 21.5 Å². The molecule has 2 amide bonds. The number of rotatable bonds is 9. The van der Waals surface area contributed by atoms with Crippen LogP contribution in [0.25, 0.3) is 0 Å². The second-order valence-corrected chi connectivity index (χ2v) is 7.27. The highest BCUT2D eigenvalue weighted by Gasteiger charge is 2.30. The molecule has 0 saturated heterocycles. The third-order valence-corrected chi connectivity index (χ3v) is 4.26. The molecule has 0 spiro atoms. The molecule has 0 bridgehead atoms. The summed E-state index contributed by atoms with van der Waals surface area (Å²) in [5.41, 5.74) is -0.516. The summed E-state index contributed by atoms with van der Waals surface area (Å²) in [6.45, 7) is 4.42. The number of carbonyl (C=O) groups excluding carboxylic acids is 3. The molecular formula is C21H25FN4O5. The van der Waals surface area contributed by atoms with E-state index >= 15 is 0 Å². The summed E-state index contributed by atoms with van der Waals surface area (Å²) in [4.78, 5) is 45.0. The zero-order valence-corrected chi connectivity index (χ0v) is 18.0. The molecule has 0 fully saturated rings. The Morgan fingerprint density at radius 3 is 2.26 bits per heavy atom. The molecule has 1 aromatic heterocycles. The molecule has 9 nitrogen and oxygen atoms in total. The quantitative estimate of drug-likeness (QED) is 0.617. The van der Waals surface area contributed by atoms with Gasteiger partial charge in [0.2, 0.25) is 11.7 Å². The highest BCUT2D eigenvalue weighted by atomic mass is 19.1. The van der Waals surface area contributed by atoms with Crippen LogP contribution >= 0.6 is 0 Å². The van der Waals surface area contributed by atoms with Gasteiger partial charge in [0.1, 0.15) is 5.82 Å². The first-order chi connectivity index (χ1) is 14.6. The van der Waals surface area contributed by atoms with Gasteiger partial charge in [-0.1, -0.05) is 12.1 Å². The van der Waals surface area contributed by atoms with Gasteiger partial charge >= 0.3 is 0 Å². The van der Waals surface area contributed by atoms with E-state index in [2.05, 4.69) is 20.6 Å². The highest BCUT2D eigenvalue weighted by Crippen LogP contribution is 2.30. The van der Waals surface area contributed by atoms with Gasteiger partial charge in [0.15, 0.2) is 17.3 Å². The second kappa shape index (κ2) is 9.96. The number of aromatic nitrogens is 2. The van der Waals surface area contributed by atoms with Gasteiger partial charge in [0, 0.05) is 13.3 Å². The van der Waals surface area contributed by atoms with E-state index < -0.39 is 17.3 Å². The Bertz CT molecular complexity index is 976. The maximum Gasteiger partial charge on any atom is 0.274 e. The Morgan fingerprint density at radius 2 is 1.71 bits per heavy atom. The molecule has 2 N–H and O–H groups in total. The number of carbonyl (C=O) groups is 3. The number of amides is 2. The molecule has 0 saturated carbocycles. The lowest BCUT2D eigenvalue weighted by Crippen LogP contribution is -2.42. The maximum atomic E-state index is 13.0. The lowest BCUT2D eigenvalue weighted by atomic mass is 10.0. The molecule has 0 aliphatic rings. The molecule has 2 aromatic rings. The number of nitrogens with one attached hydrogen (secondary N) is 2. The first kappa shape index (κ1) is 23.7. The number of methoxy groups -OCH3 is 2. The standard InChI is InChI=1S/C21H25FN4O5/c1-12(27)26-21(2,3)20-24-16(17(30-4)19(25-20)31-5)18(29)23-11-15(28)10-13-6-8-14(22)9-7-13/h6-9H,10-11H2,1-5H3,(H,23,29)(H,26,27). The van der Waals surface area contributed by atoms with Crippen molar-refractivity contribution in [2.24, 2.45) is 0 Å². The van der Waals surface area contributed by atoms with Crippen molar-refractivity contribution < 1.29 is 28.2 Å². The van der Waals surface area contributed by atoms with E-state index in [4.69, 9.17) is 9.47 Å². The Hall–Kier alpha value is -3.56. The molecule has 1 aromatic carbocycles. The van der Waals surface area contributed by atoms with Crippen molar-refractivity contribution in [3.8, 4) is 11.6 Å². The molecule has 0 unspecified atom stereocenters. The Labute approximate surface area is 179 Å². The van der Waals surface area contributed by atoms with Gasteiger partial charge < -0.3 is 20.1 Å². The van der Waals surface area contributed by atoms with Gasteiger partial charge in [-0.3, -0.25) is 14.4 Å². The summed E-state index contributed by atoms with van der Waals surface area (Å²) in [6.07, 6.45) is 0.0333. The lowest BCUT2D eigenvalue weighted by molar-refractivity contribution is -0.120. The Balaban J connectivity index is 2.23. The Kier molecular flexibility index (Phi) is 7.62. The van der Waals surface area contributed by atoms with Crippen molar-refractivity contribution in [2.45, 2.75) is 32.7 Å². The summed E-state index contributed by atoms with van der Waals surface area (Å²) < 4.78 is 23.4. The van der Waals surface area contributed by atoms with E-state index in [0.717, 1.165) is 0 Å². The predicted molar refractivity (Wildman–Crippen MR) is 109 cm³/mol. The number of benzene rings is 1. The molecule has 31 heavy (non-hydrogen) atoms. The minimum atomic E-state index is -1.00. The van der Waals surface area contributed by atoms with Crippen LogP contribution in [0.4, 0.5) is 4.39 Å². The van der Waals surface area contributed by atoms with E-state index in [1.54, 1.807) is 13.8 Å². The fourth-order valence-electron chi connectivity index (χ4n) is 2.84. The largest absolute Gasteiger partial charge is 0.490 e. The number of ether oxygens (including phenoxy) is 2. The lowest BCUT2D eigenvalue weighted by Gasteiger charge is -2.25. The maximum absolute atomic E-state index is 13.0. The first-order valence-corrected chi connectivity index (χ1v) is 9.41.